The van der Waals surface area contributed by atoms with Crippen molar-refractivity contribution in [3.05, 3.63) is 23.8 Å². The van der Waals surface area contributed by atoms with E-state index in [-0.39, 0.29) is 31.1 Å². The van der Waals surface area contributed by atoms with E-state index in [0.29, 0.717) is 12.5 Å². The summed E-state index contributed by atoms with van der Waals surface area (Å²) in [7, 11) is 1.58. The number of primary amides is 1. The Bertz CT molecular complexity index is 857. The Kier molecular flexibility index (Phi) is 6.85. The van der Waals surface area contributed by atoms with Gasteiger partial charge in [-0.1, -0.05) is 6.42 Å². The van der Waals surface area contributed by atoms with E-state index in [1.54, 1.807) is 7.05 Å². The molecule has 0 aromatic heterocycles. The summed E-state index contributed by atoms with van der Waals surface area (Å²) in [6.45, 7) is 0.300. The number of amides is 3. The lowest BCUT2D eigenvalue weighted by atomic mass is 9.85. The molecule has 3 rings (SSSR count). The molecule has 31 heavy (non-hydrogen) atoms. The number of hydrogen-bond donors (Lipinski definition) is 2. The molecule has 8 nitrogen and oxygen atoms in total. The highest BCUT2D eigenvalue weighted by Gasteiger charge is 2.38. The molecule has 2 aliphatic rings. The minimum atomic E-state index is -4.77. The van der Waals surface area contributed by atoms with Crippen LogP contribution in [0, 0.1) is 5.92 Å². The number of carbonyl (C=O) groups is 3. The lowest BCUT2D eigenvalue weighted by Crippen LogP contribution is -2.52. The lowest BCUT2D eigenvalue weighted by molar-refractivity contribution is -0.138. The van der Waals surface area contributed by atoms with E-state index in [1.165, 1.54) is 11.0 Å². The molecule has 1 aromatic rings. The van der Waals surface area contributed by atoms with E-state index in [2.05, 4.69) is 5.32 Å². The van der Waals surface area contributed by atoms with Crippen LogP contribution in [0.3, 0.4) is 0 Å². The van der Waals surface area contributed by atoms with Gasteiger partial charge in [-0.05, 0) is 44.0 Å². The Hall–Kier alpha value is -2.66. The number of benzene rings is 1. The fourth-order valence-corrected chi connectivity index (χ4v) is 3.79. The predicted molar refractivity (Wildman–Crippen MR) is 106 cm³/mol. The van der Waals surface area contributed by atoms with Crippen LogP contribution in [0.25, 0.3) is 0 Å². The van der Waals surface area contributed by atoms with E-state index in [4.69, 9.17) is 10.5 Å². The van der Waals surface area contributed by atoms with Crippen molar-refractivity contribution >= 4 is 29.1 Å². The number of alkyl halides is 3. The maximum atomic E-state index is 13.7. The van der Waals surface area contributed by atoms with E-state index >= 15 is 0 Å². The first-order valence-corrected chi connectivity index (χ1v) is 9.97. The summed E-state index contributed by atoms with van der Waals surface area (Å²) >= 11 is 0. The van der Waals surface area contributed by atoms with Crippen LogP contribution in [0.5, 0.6) is 0 Å². The third-order valence-electron chi connectivity index (χ3n) is 5.58. The Balaban J connectivity index is 1.82. The summed E-state index contributed by atoms with van der Waals surface area (Å²) in [5.74, 6) is -1.91. The second-order valence-corrected chi connectivity index (χ2v) is 7.86. The van der Waals surface area contributed by atoms with Crippen molar-refractivity contribution in [3.63, 3.8) is 0 Å². The average Bonchev–Trinajstić information content (AvgIpc) is 2.64. The largest absolute Gasteiger partial charge is 0.418 e. The van der Waals surface area contributed by atoms with Gasteiger partial charge in [-0.2, -0.15) is 13.2 Å². The van der Waals surface area contributed by atoms with Gasteiger partial charge in [0.25, 0.3) is 11.8 Å². The predicted octanol–water partition coefficient (Wildman–Crippen LogP) is 1.59. The molecule has 3 N–H and O–H groups in total. The smallest absolute Gasteiger partial charge is 0.370 e. The zero-order chi connectivity index (χ0) is 22.8. The van der Waals surface area contributed by atoms with E-state index in [0.717, 1.165) is 36.3 Å². The van der Waals surface area contributed by atoms with Gasteiger partial charge in [-0.25, -0.2) is 0 Å². The molecular formula is C20H25F3N4O4. The summed E-state index contributed by atoms with van der Waals surface area (Å²) in [6.07, 6.45) is -1.69. The number of morpholine rings is 1. The number of anilines is 2. The zero-order valence-corrected chi connectivity index (χ0v) is 17.1. The maximum Gasteiger partial charge on any atom is 0.418 e. The van der Waals surface area contributed by atoms with Crippen LogP contribution in [0.4, 0.5) is 24.5 Å². The Morgan fingerprint density at radius 1 is 1.35 bits per heavy atom. The fourth-order valence-electron chi connectivity index (χ4n) is 3.79. The minimum absolute atomic E-state index is 0.0106. The number of rotatable bonds is 7. The zero-order valence-electron chi connectivity index (χ0n) is 17.1. The van der Waals surface area contributed by atoms with E-state index in [1.807, 2.05) is 0 Å². The van der Waals surface area contributed by atoms with Gasteiger partial charge < -0.3 is 20.7 Å². The highest BCUT2D eigenvalue weighted by Crippen LogP contribution is 2.39. The average molecular weight is 442 g/mol. The van der Waals surface area contributed by atoms with Crippen LogP contribution < -0.4 is 16.0 Å². The van der Waals surface area contributed by atoms with Gasteiger partial charge in [0.05, 0.1) is 17.9 Å². The number of halogens is 3. The topological polar surface area (TPSA) is 105 Å². The molecule has 11 heteroatoms. The second kappa shape index (κ2) is 9.23. The van der Waals surface area contributed by atoms with Gasteiger partial charge in [0, 0.05) is 18.8 Å². The number of nitrogens with one attached hydrogen (secondary N) is 1. The molecule has 2 fully saturated rings. The highest BCUT2D eigenvalue weighted by molar-refractivity contribution is 6.09. The summed E-state index contributed by atoms with van der Waals surface area (Å²) in [4.78, 5) is 39.1. The Morgan fingerprint density at radius 2 is 2.06 bits per heavy atom. The molecule has 1 heterocycles. The molecule has 0 radical (unpaired) electrons. The van der Waals surface area contributed by atoms with Crippen molar-refractivity contribution in [1.82, 2.24) is 4.90 Å². The monoisotopic (exact) mass is 442 g/mol. The van der Waals surface area contributed by atoms with Gasteiger partial charge in [-0.3, -0.25) is 19.3 Å². The third-order valence-corrected chi connectivity index (χ3v) is 5.58. The number of nitrogens with two attached hydrogens (primary N) is 1. The molecule has 0 spiro atoms. The van der Waals surface area contributed by atoms with Crippen molar-refractivity contribution < 1.29 is 32.3 Å². The minimum Gasteiger partial charge on any atom is -0.370 e. The van der Waals surface area contributed by atoms with Crippen molar-refractivity contribution in [2.45, 2.75) is 31.5 Å². The first-order chi connectivity index (χ1) is 14.6. The number of carbonyl (C=O) groups excluding carboxylic acids is 3. The third kappa shape index (κ3) is 5.34. The molecule has 1 atom stereocenters. The number of ether oxygens (including phenoxy) is 1. The van der Waals surface area contributed by atoms with Crippen LogP contribution in [-0.2, 0) is 25.3 Å². The van der Waals surface area contributed by atoms with Gasteiger partial charge in [0.2, 0.25) is 5.91 Å². The summed E-state index contributed by atoms with van der Waals surface area (Å²) < 4.78 is 46.0. The standard InChI is InChI=1S/C20H25F3N4O4/c1-26(10-12-3-2-4-12)17(18(24)29)19(30)25-13-5-6-15(14(9-13)20(21,22)23)27-7-8-31-11-16(27)28/h5-6,9,12,17H,2-4,7-8,10-11H2,1H3,(H2,24,29)(H,25,30)/t17-/m0/s1. The molecule has 1 aliphatic heterocycles. The molecule has 1 aliphatic carbocycles. The van der Waals surface area contributed by atoms with Crippen LogP contribution in [0.15, 0.2) is 18.2 Å². The molecule has 1 saturated heterocycles. The first kappa shape index (κ1) is 23.0. The summed E-state index contributed by atoms with van der Waals surface area (Å²) in [5, 5.41) is 2.36. The van der Waals surface area contributed by atoms with Crippen molar-refractivity contribution in [2.75, 3.05) is 43.6 Å². The molecule has 170 valence electrons. The highest BCUT2D eigenvalue weighted by atomic mass is 19.4. The summed E-state index contributed by atoms with van der Waals surface area (Å²) in [6, 6.07) is 1.82. The van der Waals surface area contributed by atoms with E-state index < -0.39 is 35.5 Å². The van der Waals surface area contributed by atoms with Crippen LogP contribution >= 0.6 is 0 Å². The first-order valence-electron chi connectivity index (χ1n) is 9.97. The Labute approximate surface area is 177 Å². The SMILES string of the molecule is CN(CC1CCC1)[C@@H](C(N)=O)C(=O)Nc1ccc(N2CCOCC2=O)c(C(F)(F)F)c1. The van der Waals surface area contributed by atoms with Crippen molar-refractivity contribution in [1.29, 1.82) is 0 Å². The normalized spacial score (nSPS) is 18.6. The van der Waals surface area contributed by atoms with Gasteiger partial charge >= 0.3 is 6.18 Å². The quantitative estimate of drug-likeness (QED) is 0.624. The molecular weight excluding hydrogens is 417 g/mol. The molecule has 1 saturated carbocycles. The molecule has 3 amide bonds. The molecule has 0 unspecified atom stereocenters. The van der Waals surface area contributed by atoms with Gasteiger partial charge in [0.15, 0.2) is 6.04 Å². The maximum absolute atomic E-state index is 13.7. The van der Waals surface area contributed by atoms with E-state index in [9.17, 15) is 27.6 Å². The van der Waals surface area contributed by atoms with Gasteiger partial charge in [-0.15, -0.1) is 0 Å². The summed E-state index contributed by atoms with van der Waals surface area (Å²) in [5.41, 5.74) is 3.85. The van der Waals surface area contributed by atoms with Crippen LogP contribution in [0.1, 0.15) is 24.8 Å². The fraction of sp³-hybridized carbons (Fsp3) is 0.550. The second-order valence-electron chi connectivity index (χ2n) is 7.86. The molecule has 1 aromatic carbocycles. The number of hydrogen-bond acceptors (Lipinski definition) is 5. The Morgan fingerprint density at radius 3 is 2.61 bits per heavy atom. The number of nitrogens with zero attached hydrogens (tertiary/aromatic N) is 2. The van der Waals surface area contributed by atoms with Crippen LogP contribution in [0.2, 0.25) is 0 Å². The van der Waals surface area contributed by atoms with Crippen LogP contribution in [-0.4, -0.2) is 62.0 Å². The lowest BCUT2D eigenvalue weighted by Gasteiger charge is -2.33. The van der Waals surface area contributed by atoms with Crippen molar-refractivity contribution in [3.8, 4) is 0 Å². The van der Waals surface area contributed by atoms with Crippen molar-refractivity contribution in [2.24, 2.45) is 11.7 Å². The molecule has 0 bridgehead atoms. The van der Waals surface area contributed by atoms with Gasteiger partial charge in [0.1, 0.15) is 6.61 Å². The number of likely N-dealkylation sites (N-methyl/N-ethyl adjacent to an activating group) is 1.